The van der Waals surface area contributed by atoms with Crippen LogP contribution in [0.4, 0.5) is 0 Å². The second-order valence-electron chi connectivity index (χ2n) is 10.3. The van der Waals surface area contributed by atoms with E-state index in [1.54, 1.807) is 12.1 Å². The number of ketones is 1. The van der Waals surface area contributed by atoms with Crippen LogP contribution in [-0.2, 0) is 14.2 Å². The summed E-state index contributed by atoms with van der Waals surface area (Å²) >= 11 is 0. The highest BCUT2D eigenvalue weighted by Crippen LogP contribution is 2.42. The van der Waals surface area contributed by atoms with Gasteiger partial charge in [0, 0.05) is 12.1 Å². The van der Waals surface area contributed by atoms with Gasteiger partial charge in [-0.3, -0.25) is 4.79 Å². The van der Waals surface area contributed by atoms with Crippen molar-refractivity contribution in [3.63, 3.8) is 0 Å². The van der Waals surface area contributed by atoms with Gasteiger partial charge < -0.3 is 64.5 Å². The van der Waals surface area contributed by atoms with Gasteiger partial charge in [0.05, 0.1) is 19.1 Å². The number of rotatable bonds is 6. The van der Waals surface area contributed by atoms with E-state index in [2.05, 4.69) is 0 Å². The Hall–Kier alpha value is -3.05. The van der Waals surface area contributed by atoms with Crippen LogP contribution in [0.3, 0.4) is 0 Å². The zero-order valence-electron chi connectivity index (χ0n) is 21.8. The molecule has 0 aromatic heterocycles. The first-order chi connectivity index (χ1) is 19.4. The zero-order chi connectivity index (χ0) is 29.6. The summed E-state index contributed by atoms with van der Waals surface area (Å²) < 4.78 is 28.0. The molecule has 0 amide bonds. The highest BCUT2D eigenvalue weighted by atomic mass is 16.7. The number of ether oxygens (including phenoxy) is 5. The highest BCUT2D eigenvalue weighted by Gasteiger charge is 2.47. The minimum Gasteiger partial charge on any atom is -0.508 e. The minimum absolute atomic E-state index is 0.00149. The number of hydrogen-bond donors (Lipinski definition) is 8. The number of phenols is 2. The van der Waals surface area contributed by atoms with Gasteiger partial charge in [-0.15, -0.1) is 0 Å². The summed E-state index contributed by atoms with van der Waals surface area (Å²) in [6.07, 6.45) is -15.6. The first-order valence-electron chi connectivity index (χ1n) is 13.0. The van der Waals surface area contributed by atoms with Crippen LogP contribution in [0.15, 0.2) is 36.4 Å². The predicted octanol–water partition coefficient (Wildman–Crippen LogP) is -1.17. The normalized spacial score (nSPS) is 37.2. The van der Waals surface area contributed by atoms with Crippen molar-refractivity contribution in [1.82, 2.24) is 0 Å². The Morgan fingerprint density at radius 1 is 0.829 bits per heavy atom. The number of aliphatic hydroxyl groups is 6. The molecule has 3 heterocycles. The number of aromatic hydroxyl groups is 2. The lowest BCUT2D eigenvalue weighted by molar-refractivity contribution is -0.318. The number of hydrogen-bond acceptors (Lipinski definition) is 14. The molecule has 2 fully saturated rings. The van der Waals surface area contributed by atoms with Crippen LogP contribution >= 0.6 is 0 Å². The zero-order valence-corrected chi connectivity index (χ0v) is 21.8. The number of carbonyl (C=O) groups is 1. The number of fused-ring (bicyclic) bond motifs is 1. The van der Waals surface area contributed by atoms with Gasteiger partial charge in [-0.05, 0) is 24.6 Å². The van der Waals surface area contributed by atoms with Crippen LogP contribution in [-0.4, -0.2) is 115 Å². The summed E-state index contributed by atoms with van der Waals surface area (Å²) in [6, 6.07) is 8.51. The van der Waals surface area contributed by atoms with Gasteiger partial charge in [0.2, 0.25) is 6.29 Å². The van der Waals surface area contributed by atoms with Crippen LogP contribution in [0.5, 0.6) is 23.0 Å². The van der Waals surface area contributed by atoms with Crippen molar-refractivity contribution in [2.45, 2.75) is 80.9 Å². The molecule has 0 unspecified atom stereocenters. The van der Waals surface area contributed by atoms with E-state index in [9.17, 15) is 45.6 Å². The molecule has 0 saturated carbocycles. The SMILES string of the molecule is C[C@@H]1O[C@@H](OC[C@@H]2O[C@@H](Oc3cc(O)c4c(c3)O[C@H](c3ccc(O)cc3)CC4=O)[C@@H](O)[C@H](O)[C@@H]2O)[C@@H](O)[C@H](O)[C@H]1O. The van der Waals surface area contributed by atoms with E-state index in [1.807, 2.05) is 0 Å². The molecule has 8 N–H and O–H groups in total. The molecule has 2 aromatic rings. The lowest BCUT2D eigenvalue weighted by Gasteiger charge is -2.42. The summed E-state index contributed by atoms with van der Waals surface area (Å²) in [6.45, 7) is 0.980. The molecule has 0 bridgehead atoms. The fourth-order valence-electron chi connectivity index (χ4n) is 4.98. The van der Waals surface area contributed by atoms with Gasteiger partial charge in [-0.25, -0.2) is 0 Å². The summed E-state index contributed by atoms with van der Waals surface area (Å²) in [7, 11) is 0. The molecule has 11 atom stereocenters. The predicted molar refractivity (Wildman–Crippen MR) is 134 cm³/mol. The van der Waals surface area contributed by atoms with Crippen LogP contribution in [0.2, 0.25) is 0 Å². The van der Waals surface area contributed by atoms with Crippen LogP contribution in [0, 0.1) is 0 Å². The summed E-state index contributed by atoms with van der Waals surface area (Å²) in [5.41, 5.74) is 0.550. The number of carbonyl (C=O) groups excluding carboxylic acids is 1. The molecule has 14 nitrogen and oxygen atoms in total. The molecule has 224 valence electrons. The van der Waals surface area contributed by atoms with Crippen molar-refractivity contribution >= 4 is 5.78 Å². The summed E-state index contributed by atoms with van der Waals surface area (Å²) in [4.78, 5) is 12.8. The number of aliphatic hydroxyl groups excluding tert-OH is 6. The van der Waals surface area contributed by atoms with E-state index in [0.717, 1.165) is 6.07 Å². The van der Waals surface area contributed by atoms with Crippen LogP contribution in [0.1, 0.15) is 35.4 Å². The second-order valence-corrected chi connectivity index (χ2v) is 10.3. The third-order valence-electron chi connectivity index (χ3n) is 7.39. The Kier molecular flexibility index (Phi) is 8.39. The standard InChI is InChI=1S/C27H32O14/c1-10-20(31)22(33)24(35)26(38-10)37-9-18-21(32)23(34)25(36)27(41-18)39-13-6-14(29)19-15(30)8-16(40-17(19)7-13)11-2-4-12(28)5-3-11/h2-7,10,16,18,20-29,31-36H,8-9H2,1H3/t10-,16-,18-,20-,21+,22+,23+,24-,25-,26+,27+/m0/s1. The number of benzene rings is 2. The minimum atomic E-state index is -1.76. The molecule has 2 saturated heterocycles. The van der Waals surface area contributed by atoms with Crippen molar-refractivity contribution in [1.29, 1.82) is 0 Å². The van der Waals surface area contributed by atoms with Crippen molar-refractivity contribution in [2.24, 2.45) is 0 Å². The maximum absolute atomic E-state index is 12.8. The van der Waals surface area contributed by atoms with Gasteiger partial charge >= 0.3 is 0 Å². The lowest BCUT2D eigenvalue weighted by atomic mass is 9.95. The van der Waals surface area contributed by atoms with Crippen molar-refractivity contribution in [2.75, 3.05) is 6.61 Å². The van der Waals surface area contributed by atoms with Gasteiger partial charge in [0.15, 0.2) is 12.1 Å². The van der Waals surface area contributed by atoms with Gasteiger partial charge in [-0.2, -0.15) is 0 Å². The van der Waals surface area contributed by atoms with E-state index in [4.69, 9.17) is 23.7 Å². The monoisotopic (exact) mass is 580 g/mol. The lowest BCUT2D eigenvalue weighted by Crippen LogP contribution is -2.61. The Labute approximate surface area is 233 Å². The molecule has 14 heteroatoms. The molecule has 3 aliphatic rings. The van der Waals surface area contributed by atoms with Crippen LogP contribution in [0.25, 0.3) is 0 Å². The average molecular weight is 581 g/mol. The largest absolute Gasteiger partial charge is 0.508 e. The maximum atomic E-state index is 12.8. The second kappa shape index (κ2) is 11.7. The van der Waals surface area contributed by atoms with Gasteiger partial charge in [-0.1, -0.05) is 12.1 Å². The van der Waals surface area contributed by atoms with Gasteiger partial charge in [0.25, 0.3) is 0 Å². The number of phenolic OH excluding ortho intramolecular Hbond substituents is 2. The molecule has 0 aliphatic carbocycles. The topological polar surface area (TPSA) is 225 Å². The summed E-state index contributed by atoms with van der Waals surface area (Å²) in [5, 5.41) is 81.5. The van der Waals surface area contributed by atoms with E-state index in [0.29, 0.717) is 5.56 Å². The van der Waals surface area contributed by atoms with Gasteiger partial charge in [0.1, 0.15) is 77.4 Å². The van der Waals surface area contributed by atoms with Crippen molar-refractivity contribution in [3.05, 3.63) is 47.5 Å². The van der Waals surface area contributed by atoms with E-state index in [1.165, 1.54) is 25.1 Å². The van der Waals surface area contributed by atoms with Crippen LogP contribution < -0.4 is 9.47 Å². The average Bonchev–Trinajstić information content (AvgIpc) is 2.94. The quantitative estimate of drug-likeness (QED) is 0.202. The maximum Gasteiger partial charge on any atom is 0.229 e. The molecule has 3 aliphatic heterocycles. The van der Waals surface area contributed by atoms with Crippen molar-refractivity contribution < 1.29 is 69.3 Å². The fourth-order valence-corrected chi connectivity index (χ4v) is 4.98. The first-order valence-corrected chi connectivity index (χ1v) is 13.0. The molecule has 5 rings (SSSR count). The molecule has 0 spiro atoms. The van der Waals surface area contributed by atoms with E-state index < -0.39 is 85.7 Å². The molecular weight excluding hydrogens is 548 g/mol. The first kappa shape index (κ1) is 29.4. The number of Topliss-reactive ketones (excluding diaryl/α,β-unsaturated/α-hetero) is 1. The molecular formula is C27H32O14. The van der Waals surface area contributed by atoms with E-state index in [-0.39, 0.29) is 29.2 Å². The van der Waals surface area contributed by atoms with E-state index >= 15 is 0 Å². The Balaban J connectivity index is 1.30. The smallest absolute Gasteiger partial charge is 0.229 e. The summed E-state index contributed by atoms with van der Waals surface area (Å²) in [5.74, 6) is -0.893. The third kappa shape index (κ3) is 5.83. The Bertz CT molecular complexity index is 1240. The molecule has 0 radical (unpaired) electrons. The third-order valence-corrected chi connectivity index (χ3v) is 7.39. The fraction of sp³-hybridized carbons (Fsp3) is 0.519. The Morgan fingerprint density at radius 2 is 1.49 bits per heavy atom. The van der Waals surface area contributed by atoms with Crippen molar-refractivity contribution in [3.8, 4) is 23.0 Å². The highest BCUT2D eigenvalue weighted by molar-refractivity contribution is 6.02. The Morgan fingerprint density at radius 3 is 2.20 bits per heavy atom. The molecule has 41 heavy (non-hydrogen) atoms. The molecule has 2 aromatic carbocycles.